The number of tetrazole rings is 1. The van der Waals surface area contributed by atoms with Crippen LogP contribution in [0.1, 0.15) is 29.0 Å². The molecule has 1 N–H and O–H groups in total. The minimum absolute atomic E-state index is 0.00383. The van der Waals surface area contributed by atoms with E-state index in [1.807, 2.05) is 31.2 Å². The van der Waals surface area contributed by atoms with Crippen LogP contribution >= 0.6 is 0 Å². The topological polar surface area (TPSA) is 87.9 Å². The van der Waals surface area contributed by atoms with Gasteiger partial charge in [-0.15, -0.1) is 10.2 Å². The van der Waals surface area contributed by atoms with Crippen molar-refractivity contribution in [3.8, 4) is 0 Å². The smallest absolute Gasteiger partial charge is 0.257 e. The van der Waals surface area contributed by atoms with Gasteiger partial charge in [-0.3, -0.25) is 4.79 Å². The van der Waals surface area contributed by atoms with Crippen LogP contribution in [0.25, 0.3) is 11.0 Å². The molecule has 0 bridgehead atoms. The summed E-state index contributed by atoms with van der Waals surface area (Å²) in [5, 5.41) is 14.6. The first kappa shape index (κ1) is 13.3. The number of benzene rings is 1. The molecule has 0 unspecified atom stereocenters. The molecule has 0 fully saturated rings. The molecule has 1 amide bonds. The molecule has 7 heteroatoms. The molecule has 0 saturated carbocycles. The molecular weight excluding hydrogens is 270 g/mol. The summed E-state index contributed by atoms with van der Waals surface area (Å²) in [4.78, 5) is 14.2. The number of fused-ring (bicyclic) bond motifs is 1. The van der Waals surface area contributed by atoms with Crippen molar-refractivity contribution in [2.45, 2.75) is 12.8 Å². The van der Waals surface area contributed by atoms with E-state index in [1.54, 1.807) is 11.9 Å². The molecule has 0 aliphatic carbocycles. The lowest BCUT2D eigenvalue weighted by Crippen LogP contribution is -2.30. The Balaban J connectivity index is 1.78. The summed E-state index contributed by atoms with van der Waals surface area (Å²) in [5.74, 6) is 0.498. The van der Waals surface area contributed by atoms with Crippen LogP contribution in [-0.2, 0) is 0 Å². The van der Waals surface area contributed by atoms with Crippen LogP contribution in [0.3, 0.4) is 0 Å². The van der Waals surface area contributed by atoms with E-state index in [2.05, 4.69) is 20.6 Å². The van der Waals surface area contributed by atoms with Crippen molar-refractivity contribution < 1.29 is 9.21 Å². The zero-order chi connectivity index (χ0) is 14.8. The number of aromatic nitrogens is 4. The normalized spacial score (nSPS) is 12.5. The van der Waals surface area contributed by atoms with Crippen molar-refractivity contribution >= 4 is 16.9 Å². The van der Waals surface area contributed by atoms with Crippen molar-refractivity contribution in [1.82, 2.24) is 25.5 Å². The van der Waals surface area contributed by atoms with Gasteiger partial charge in [-0.2, -0.15) is 5.21 Å². The molecule has 0 saturated heterocycles. The Hall–Kier alpha value is -2.70. The highest BCUT2D eigenvalue weighted by Crippen LogP contribution is 2.22. The van der Waals surface area contributed by atoms with E-state index in [0.717, 1.165) is 5.39 Å². The van der Waals surface area contributed by atoms with Gasteiger partial charge in [0.05, 0.1) is 5.56 Å². The average molecular weight is 285 g/mol. The molecule has 3 rings (SSSR count). The van der Waals surface area contributed by atoms with E-state index in [0.29, 0.717) is 23.5 Å². The third-order valence-electron chi connectivity index (χ3n) is 3.41. The second kappa shape index (κ2) is 5.35. The molecule has 0 radical (unpaired) electrons. The van der Waals surface area contributed by atoms with Gasteiger partial charge in [-0.1, -0.05) is 30.3 Å². The molecule has 2 heterocycles. The van der Waals surface area contributed by atoms with Gasteiger partial charge >= 0.3 is 0 Å². The number of rotatable bonds is 4. The zero-order valence-corrected chi connectivity index (χ0v) is 11.8. The number of carbonyl (C=O) groups excluding carboxylic acids is 1. The summed E-state index contributed by atoms with van der Waals surface area (Å²) in [6.45, 7) is 2.44. The number of hydrogen-bond donors (Lipinski definition) is 1. The van der Waals surface area contributed by atoms with Crippen LogP contribution in [0.2, 0.25) is 0 Å². The number of aromatic amines is 1. The van der Waals surface area contributed by atoms with Gasteiger partial charge in [0.25, 0.3) is 5.91 Å². The summed E-state index contributed by atoms with van der Waals surface area (Å²) in [5.41, 5.74) is 1.27. The Morgan fingerprint density at radius 1 is 1.43 bits per heavy atom. The number of nitrogens with one attached hydrogen (secondary N) is 1. The number of carbonyl (C=O) groups is 1. The van der Waals surface area contributed by atoms with Crippen molar-refractivity contribution in [1.29, 1.82) is 0 Å². The quantitative estimate of drug-likeness (QED) is 0.790. The first-order valence-electron chi connectivity index (χ1n) is 6.62. The minimum Gasteiger partial charge on any atom is -0.463 e. The molecular formula is C14H15N5O2. The molecule has 0 spiro atoms. The molecule has 0 aliphatic rings. The number of para-hydroxylation sites is 1. The van der Waals surface area contributed by atoms with Gasteiger partial charge in [0.2, 0.25) is 0 Å². The Morgan fingerprint density at radius 3 is 3.00 bits per heavy atom. The fourth-order valence-corrected chi connectivity index (χ4v) is 2.30. The van der Waals surface area contributed by atoms with Crippen molar-refractivity contribution in [2.75, 3.05) is 13.6 Å². The fourth-order valence-electron chi connectivity index (χ4n) is 2.30. The molecule has 108 valence electrons. The first-order chi connectivity index (χ1) is 10.2. The van der Waals surface area contributed by atoms with Crippen molar-refractivity contribution in [3.63, 3.8) is 0 Å². The molecule has 3 aromatic rings. The maximum atomic E-state index is 12.5. The van der Waals surface area contributed by atoms with Gasteiger partial charge in [0, 0.05) is 24.9 Å². The zero-order valence-electron chi connectivity index (χ0n) is 11.8. The predicted molar refractivity (Wildman–Crippen MR) is 75.8 cm³/mol. The Kier molecular flexibility index (Phi) is 3.39. The summed E-state index contributed by atoms with van der Waals surface area (Å²) in [7, 11) is 1.75. The maximum Gasteiger partial charge on any atom is 0.257 e. The lowest BCUT2D eigenvalue weighted by molar-refractivity contribution is 0.0788. The molecule has 1 atom stereocenters. The third kappa shape index (κ3) is 2.49. The monoisotopic (exact) mass is 285 g/mol. The van der Waals surface area contributed by atoms with Crippen molar-refractivity contribution in [3.05, 3.63) is 41.9 Å². The van der Waals surface area contributed by atoms with Gasteiger partial charge in [-0.25, -0.2) is 0 Å². The molecule has 21 heavy (non-hydrogen) atoms. The second-order valence-electron chi connectivity index (χ2n) is 5.00. The number of likely N-dealkylation sites (N-methyl/N-ethyl adjacent to an activating group) is 1. The van der Waals surface area contributed by atoms with Crippen LogP contribution in [0.15, 0.2) is 34.9 Å². The van der Waals surface area contributed by atoms with E-state index < -0.39 is 0 Å². The summed E-state index contributed by atoms with van der Waals surface area (Å²) >= 11 is 0. The first-order valence-corrected chi connectivity index (χ1v) is 6.62. The standard InChI is InChI=1S/C14H15N5O2/c1-9(13-15-17-18-16-13)7-19(2)14(20)11-8-21-12-6-4-3-5-10(11)12/h3-6,8-9H,7H2,1-2H3,(H,15,16,17,18)/t9-/m1/s1. The van der Waals surface area contributed by atoms with E-state index in [1.165, 1.54) is 6.26 Å². The number of amides is 1. The van der Waals surface area contributed by atoms with E-state index in [4.69, 9.17) is 4.42 Å². The average Bonchev–Trinajstić information content (AvgIpc) is 3.15. The number of H-pyrrole nitrogens is 1. The lowest BCUT2D eigenvalue weighted by Gasteiger charge is -2.19. The van der Waals surface area contributed by atoms with Crippen LogP contribution in [0, 0.1) is 0 Å². The van der Waals surface area contributed by atoms with Crippen molar-refractivity contribution in [2.24, 2.45) is 0 Å². The third-order valence-corrected chi connectivity index (χ3v) is 3.41. The maximum absolute atomic E-state index is 12.5. The van der Waals surface area contributed by atoms with Crippen LogP contribution in [-0.4, -0.2) is 45.0 Å². The largest absolute Gasteiger partial charge is 0.463 e. The van der Waals surface area contributed by atoms with Gasteiger partial charge in [0.1, 0.15) is 11.8 Å². The highest BCUT2D eigenvalue weighted by atomic mass is 16.3. The molecule has 2 aromatic heterocycles. The van der Waals surface area contributed by atoms with Gasteiger partial charge in [-0.05, 0) is 6.07 Å². The van der Waals surface area contributed by atoms with Crippen LogP contribution < -0.4 is 0 Å². The highest BCUT2D eigenvalue weighted by Gasteiger charge is 2.20. The molecule has 7 nitrogen and oxygen atoms in total. The van der Waals surface area contributed by atoms with Gasteiger partial charge in [0.15, 0.2) is 5.82 Å². The van der Waals surface area contributed by atoms with E-state index in [-0.39, 0.29) is 11.8 Å². The minimum atomic E-state index is -0.0877. The number of hydrogen-bond acceptors (Lipinski definition) is 5. The summed E-state index contributed by atoms with van der Waals surface area (Å²) in [6, 6.07) is 7.48. The van der Waals surface area contributed by atoms with Crippen LogP contribution in [0.4, 0.5) is 0 Å². The SMILES string of the molecule is C[C@H](CN(C)C(=O)c1coc2ccccc12)c1nn[nH]n1. The van der Waals surface area contributed by atoms with E-state index >= 15 is 0 Å². The fraction of sp³-hybridized carbons (Fsp3) is 0.286. The predicted octanol–water partition coefficient (Wildman–Crippen LogP) is 1.82. The molecule has 0 aliphatic heterocycles. The lowest BCUT2D eigenvalue weighted by atomic mass is 10.1. The number of nitrogens with zero attached hydrogens (tertiary/aromatic N) is 4. The number of furan rings is 1. The second-order valence-corrected chi connectivity index (χ2v) is 5.00. The van der Waals surface area contributed by atoms with Crippen LogP contribution in [0.5, 0.6) is 0 Å². The Morgan fingerprint density at radius 2 is 2.24 bits per heavy atom. The summed E-state index contributed by atoms with van der Waals surface area (Å²) in [6.07, 6.45) is 1.50. The van der Waals surface area contributed by atoms with Gasteiger partial charge < -0.3 is 9.32 Å². The Bertz CT molecular complexity index is 750. The molecule has 1 aromatic carbocycles. The van der Waals surface area contributed by atoms with E-state index in [9.17, 15) is 4.79 Å². The Labute approximate surface area is 120 Å². The summed E-state index contributed by atoms with van der Waals surface area (Å²) < 4.78 is 5.41. The highest BCUT2D eigenvalue weighted by molar-refractivity contribution is 6.05.